The first-order chi connectivity index (χ1) is 8.90. The number of halogens is 1. The highest BCUT2D eigenvalue weighted by Crippen LogP contribution is 2.31. The molecule has 1 saturated heterocycles. The smallest absolute Gasteiger partial charge is 0.310 e. The van der Waals surface area contributed by atoms with E-state index in [4.69, 9.17) is 11.6 Å². The highest BCUT2D eigenvalue weighted by atomic mass is 35.5. The van der Waals surface area contributed by atoms with Crippen LogP contribution in [0.1, 0.15) is 31.7 Å². The van der Waals surface area contributed by atoms with Gasteiger partial charge < -0.3 is 10.0 Å². The molecule has 1 aliphatic rings. The van der Waals surface area contributed by atoms with E-state index in [0.717, 1.165) is 24.5 Å². The molecule has 2 atom stereocenters. The molecular weight excluding hydrogens is 262 g/mol. The van der Waals surface area contributed by atoms with Crippen LogP contribution < -0.4 is 0 Å². The average Bonchev–Trinajstić information content (AvgIpc) is 2.72. The quantitative estimate of drug-likeness (QED) is 0.921. The summed E-state index contributed by atoms with van der Waals surface area (Å²) in [5, 5.41) is 9.98. The van der Waals surface area contributed by atoms with Gasteiger partial charge in [-0.05, 0) is 43.5 Å². The number of carboxylic acids is 1. The van der Waals surface area contributed by atoms with E-state index in [9.17, 15) is 9.90 Å². The zero-order valence-corrected chi connectivity index (χ0v) is 12.2. The number of nitrogens with zero attached hydrogens (tertiary/aromatic N) is 1. The van der Waals surface area contributed by atoms with Gasteiger partial charge in [0.25, 0.3) is 0 Å². The summed E-state index contributed by atoms with van der Waals surface area (Å²) in [6.45, 7) is 6.35. The van der Waals surface area contributed by atoms with Gasteiger partial charge in [0.05, 0.1) is 5.41 Å². The number of rotatable bonds is 4. The van der Waals surface area contributed by atoms with Crippen LogP contribution in [0.3, 0.4) is 0 Å². The van der Waals surface area contributed by atoms with Crippen LogP contribution in [0.15, 0.2) is 24.3 Å². The monoisotopic (exact) mass is 281 g/mol. The molecule has 0 radical (unpaired) electrons. The average molecular weight is 282 g/mol. The van der Waals surface area contributed by atoms with Crippen LogP contribution in [0.2, 0.25) is 5.02 Å². The minimum Gasteiger partial charge on any atom is -0.481 e. The summed E-state index contributed by atoms with van der Waals surface area (Å²) in [5.41, 5.74) is 0.616. The van der Waals surface area contributed by atoms with E-state index in [1.807, 2.05) is 25.1 Å². The topological polar surface area (TPSA) is 40.5 Å². The molecule has 1 aromatic rings. The van der Waals surface area contributed by atoms with E-state index < -0.39 is 11.4 Å². The number of aliphatic carboxylic acids is 1. The predicted molar refractivity (Wildman–Crippen MR) is 76.7 cm³/mol. The van der Waals surface area contributed by atoms with Crippen LogP contribution in [0, 0.1) is 5.41 Å². The Kier molecular flexibility index (Phi) is 4.16. The molecular formula is C15H20ClNO2. The van der Waals surface area contributed by atoms with Gasteiger partial charge in [0.2, 0.25) is 0 Å². The molecule has 0 saturated carbocycles. The molecule has 19 heavy (non-hydrogen) atoms. The second kappa shape index (κ2) is 5.51. The lowest BCUT2D eigenvalue weighted by Gasteiger charge is -2.23. The molecule has 2 rings (SSSR count). The minimum atomic E-state index is -0.689. The third-order valence-electron chi connectivity index (χ3n) is 4.02. The fourth-order valence-electron chi connectivity index (χ4n) is 2.69. The second-order valence-corrected chi connectivity index (χ2v) is 6.24. The maximum absolute atomic E-state index is 11.2. The molecule has 3 nitrogen and oxygen atoms in total. The van der Waals surface area contributed by atoms with Gasteiger partial charge in [-0.3, -0.25) is 4.79 Å². The van der Waals surface area contributed by atoms with E-state index in [1.54, 1.807) is 0 Å². The fraction of sp³-hybridized carbons (Fsp3) is 0.533. The number of likely N-dealkylation sites (tertiary alicyclic amines) is 1. The summed E-state index contributed by atoms with van der Waals surface area (Å²) in [7, 11) is 0. The summed E-state index contributed by atoms with van der Waals surface area (Å²) in [6.07, 6.45) is 0.727. The molecule has 1 fully saturated rings. The number of hydrogen-bond acceptors (Lipinski definition) is 2. The minimum absolute atomic E-state index is 0.356. The Labute approximate surface area is 119 Å². The van der Waals surface area contributed by atoms with Crippen LogP contribution in [0.5, 0.6) is 0 Å². The molecule has 1 heterocycles. The van der Waals surface area contributed by atoms with Crippen LogP contribution in [-0.2, 0) is 4.79 Å². The van der Waals surface area contributed by atoms with Gasteiger partial charge in [0, 0.05) is 18.1 Å². The maximum Gasteiger partial charge on any atom is 0.310 e. The zero-order valence-electron chi connectivity index (χ0n) is 11.4. The van der Waals surface area contributed by atoms with Crippen LogP contribution in [0.25, 0.3) is 0 Å². The third-order valence-corrected chi connectivity index (χ3v) is 4.25. The highest BCUT2D eigenvalue weighted by Gasteiger charge is 2.40. The Hall–Kier alpha value is -1.06. The Morgan fingerprint density at radius 1 is 1.58 bits per heavy atom. The Morgan fingerprint density at radius 2 is 2.32 bits per heavy atom. The lowest BCUT2D eigenvalue weighted by Crippen LogP contribution is -2.33. The number of carbonyl (C=O) groups is 1. The Bertz CT molecular complexity index is 477. The molecule has 0 spiro atoms. The van der Waals surface area contributed by atoms with E-state index >= 15 is 0 Å². The summed E-state index contributed by atoms with van der Waals surface area (Å²) in [4.78, 5) is 13.5. The zero-order chi connectivity index (χ0) is 14.0. The van der Waals surface area contributed by atoms with Gasteiger partial charge in [-0.1, -0.05) is 30.7 Å². The molecule has 0 amide bonds. The van der Waals surface area contributed by atoms with Crippen molar-refractivity contribution in [1.82, 2.24) is 4.90 Å². The highest BCUT2D eigenvalue weighted by molar-refractivity contribution is 6.30. The van der Waals surface area contributed by atoms with Crippen molar-refractivity contribution in [1.29, 1.82) is 0 Å². The first-order valence-corrected chi connectivity index (χ1v) is 7.00. The van der Waals surface area contributed by atoms with E-state index in [1.165, 1.54) is 5.56 Å². The standard InChI is InChI=1S/C15H20ClNO2/c1-11(12-4-3-5-13(16)8-12)9-17-7-6-15(2,10-17)14(18)19/h3-5,8,11H,6-7,9-10H2,1-2H3,(H,18,19). The van der Waals surface area contributed by atoms with Crippen molar-refractivity contribution in [2.45, 2.75) is 26.2 Å². The summed E-state index contributed by atoms with van der Waals surface area (Å²) in [5.74, 6) is -0.333. The Morgan fingerprint density at radius 3 is 2.89 bits per heavy atom. The van der Waals surface area contributed by atoms with E-state index in [0.29, 0.717) is 12.5 Å². The first kappa shape index (κ1) is 14.4. The molecule has 0 bridgehead atoms. The van der Waals surface area contributed by atoms with Crippen molar-refractivity contribution in [3.63, 3.8) is 0 Å². The maximum atomic E-state index is 11.2. The first-order valence-electron chi connectivity index (χ1n) is 6.62. The normalized spacial score (nSPS) is 25.4. The molecule has 0 aromatic heterocycles. The molecule has 2 unspecified atom stereocenters. The number of hydrogen-bond donors (Lipinski definition) is 1. The van der Waals surface area contributed by atoms with Crippen molar-refractivity contribution in [2.75, 3.05) is 19.6 Å². The van der Waals surface area contributed by atoms with Crippen LogP contribution in [0.4, 0.5) is 0 Å². The largest absolute Gasteiger partial charge is 0.481 e. The van der Waals surface area contributed by atoms with Gasteiger partial charge in [0.15, 0.2) is 0 Å². The molecule has 1 aliphatic heterocycles. The molecule has 1 N–H and O–H groups in total. The van der Waals surface area contributed by atoms with Crippen LogP contribution in [-0.4, -0.2) is 35.6 Å². The van der Waals surface area contributed by atoms with Gasteiger partial charge in [-0.15, -0.1) is 0 Å². The number of benzene rings is 1. The summed E-state index contributed by atoms with van der Waals surface area (Å²) in [6, 6.07) is 7.89. The van der Waals surface area contributed by atoms with Gasteiger partial charge in [-0.25, -0.2) is 0 Å². The van der Waals surface area contributed by atoms with E-state index in [-0.39, 0.29) is 0 Å². The summed E-state index contributed by atoms with van der Waals surface area (Å²) >= 11 is 6.00. The van der Waals surface area contributed by atoms with Gasteiger partial charge in [0.1, 0.15) is 0 Å². The Balaban J connectivity index is 1.98. The fourth-order valence-corrected chi connectivity index (χ4v) is 2.89. The van der Waals surface area contributed by atoms with E-state index in [2.05, 4.69) is 17.9 Å². The van der Waals surface area contributed by atoms with Crippen molar-refractivity contribution in [3.8, 4) is 0 Å². The molecule has 0 aliphatic carbocycles. The summed E-state index contributed by atoms with van der Waals surface area (Å²) < 4.78 is 0. The lowest BCUT2D eigenvalue weighted by atomic mass is 9.90. The van der Waals surface area contributed by atoms with Crippen molar-refractivity contribution >= 4 is 17.6 Å². The lowest BCUT2D eigenvalue weighted by molar-refractivity contribution is -0.147. The van der Waals surface area contributed by atoms with Gasteiger partial charge >= 0.3 is 5.97 Å². The van der Waals surface area contributed by atoms with Crippen molar-refractivity contribution in [2.24, 2.45) is 5.41 Å². The van der Waals surface area contributed by atoms with Gasteiger partial charge in [-0.2, -0.15) is 0 Å². The number of carboxylic acid groups (broad SMARTS) is 1. The van der Waals surface area contributed by atoms with Crippen molar-refractivity contribution < 1.29 is 9.90 Å². The molecule has 4 heteroatoms. The second-order valence-electron chi connectivity index (χ2n) is 5.81. The van der Waals surface area contributed by atoms with Crippen molar-refractivity contribution in [3.05, 3.63) is 34.9 Å². The predicted octanol–water partition coefficient (Wildman–Crippen LogP) is 3.24. The molecule has 104 valence electrons. The third kappa shape index (κ3) is 3.28. The van der Waals surface area contributed by atoms with Crippen LogP contribution >= 0.6 is 11.6 Å². The SMILES string of the molecule is CC(CN1CCC(C)(C(=O)O)C1)c1cccc(Cl)c1. The molecule has 1 aromatic carbocycles.